The Morgan fingerprint density at radius 2 is 0.537 bits per heavy atom. The molecule has 0 heterocycles. The number of esters is 3. The molecule has 0 aromatic carbocycles. The number of allylic oxidation sites excluding steroid dienone is 32. The first-order valence-electron chi connectivity index (χ1n) is 25.2. The lowest BCUT2D eigenvalue weighted by atomic mass is 10.1. The van der Waals surface area contributed by atoms with Gasteiger partial charge in [-0.2, -0.15) is 0 Å². The molecule has 6 heteroatoms. The number of carbonyl (C=O) groups excluding carboxylic acids is 3. The van der Waals surface area contributed by atoms with Gasteiger partial charge in [0.1, 0.15) is 13.2 Å². The molecule has 0 amide bonds. The zero-order valence-electron chi connectivity index (χ0n) is 41.6. The lowest BCUT2D eigenvalue weighted by Gasteiger charge is -2.18. The highest BCUT2D eigenvalue weighted by atomic mass is 16.6. The topological polar surface area (TPSA) is 78.9 Å². The standard InChI is InChI=1S/C61H86O6/c1-4-7-10-13-16-19-22-25-28-30-33-36-39-42-45-48-51-54-60(63)66-57-58(56-65-59(62)53-50-47-44-41-38-35-32-27-24-21-18-15-12-9-6-3)67-61(64)55-52-49-46-43-40-37-34-31-29-26-23-20-17-14-11-8-5-2/h7-34,36-37,39-40,58H,4-6,35,38,41-57H2,1-3H3/b10-7-,11-8-,12-9-,16-13-,17-14-,18-15-,22-19-,23-20-,24-21-,28-25-,29-26-,32-27-,33-30+,34-31+,39-36-,40-37-. The van der Waals surface area contributed by atoms with Crippen molar-refractivity contribution in [2.45, 2.75) is 155 Å². The summed E-state index contributed by atoms with van der Waals surface area (Å²) in [7, 11) is 0. The van der Waals surface area contributed by atoms with Gasteiger partial charge in [-0.25, -0.2) is 0 Å². The van der Waals surface area contributed by atoms with E-state index in [0.29, 0.717) is 19.3 Å². The highest BCUT2D eigenvalue weighted by Crippen LogP contribution is 2.11. The van der Waals surface area contributed by atoms with Crippen molar-refractivity contribution in [2.24, 2.45) is 0 Å². The van der Waals surface area contributed by atoms with Crippen LogP contribution in [-0.2, 0) is 28.6 Å². The summed E-state index contributed by atoms with van der Waals surface area (Å²) in [4.78, 5) is 38.0. The fraction of sp³-hybridized carbons (Fsp3) is 0.426. The molecule has 0 fully saturated rings. The van der Waals surface area contributed by atoms with E-state index < -0.39 is 6.10 Å². The second-order valence-electron chi connectivity index (χ2n) is 15.6. The van der Waals surface area contributed by atoms with Gasteiger partial charge in [-0.1, -0.05) is 247 Å². The van der Waals surface area contributed by atoms with Crippen LogP contribution in [0, 0.1) is 0 Å². The van der Waals surface area contributed by atoms with Crippen LogP contribution in [0.3, 0.4) is 0 Å². The number of hydrogen-bond acceptors (Lipinski definition) is 6. The summed E-state index contributed by atoms with van der Waals surface area (Å²) in [5.74, 6) is -1.07. The predicted octanol–water partition coefficient (Wildman–Crippen LogP) is 16.7. The van der Waals surface area contributed by atoms with Crippen molar-refractivity contribution in [3.05, 3.63) is 194 Å². The quantitative estimate of drug-likeness (QED) is 0.0263. The summed E-state index contributed by atoms with van der Waals surface area (Å²) in [6, 6.07) is 0. The van der Waals surface area contributed by atoms with E-state index in [-0.39, 0.29) is 44.0 Å². The lowest BCUT2D eigenvalue weighted by Crippen LogP contribution is -2.30. The number of unbranched alkanes of at least 4 members (excludes halogenated alkanes) is 11. The molecule has 0 aliphatic heterocycles. The number of carbonyl (C=O) groups is 3. The Labute approximate surface area is 407 Å². The second-order valence-corrected chi connectivity index (χ2v) is 15.6. The average Bonchev–Trinajstić information content (AvgIpc) is 3.33. The van der Waals surface area contributed by atoms with Crippen molar-refractivity contribution >= 4 is 17.9 Å². The molecule has 0 aliphatic carbocycles. The molecule has 0 rings (SSSR count). The zero-order chi connectivity index (χ0) is 48.6. The summed E-state index contributed by atoms with van der Waals surface area (Å²) in [5, 5.41) is 0. The minimum Gasteiger partial charge on any atom is -0.462 e. The van der Waals surface area contributed by atoms with E-state index in [9.17, 15) is 14.4 Å². The summed E-state index contributed by atoms with van der Waals surface area (Å²) in [6.07, 6.45) is 81.1. The van der Waals surface area contributed by atoms with Gasteiger partial charge in [0.2, 0.25) is 0 Å². The fourth-order valence-electron chi connectivity index (χ4n) is 5.81. The van der Waals surface area contributed by atoms with Gasteiger partial charge in [-0.3, -0.25) is 14.4 Å². The molecular formula is C61H86O6. The van der Waals surface area contributed by atoms with Gasteiger partial charge >= 0.3 is 17.9 Å². The van der Waals surface area contributed by atoms with E-state index in [1.165, 1.54) is 0 Å². The Kier molecular flexibility index (Phi) is 48.3. The van der Waals surface area contributed by atoms with Crippen LogP contribution in [0.2, 0.25) is 0 Å². The van der Waals surface area contributed by atoms with Crippen molar-refractivity contribution in [2.75, 3.05) is 13.2 Å². The minimum absolute atomic E-state index is 0.136. The molecule has 0 aliphatic rings. The van der Waals surface area contributed by atoms with E-state index in [1.807, 2.05) is 146 Å². The Bertz CT molecular complexity index is 1710. The average molecular weight is 915 g/mol. The van der Waals surface area contributed by atoms with Gasteiger partial charge in [0.05, 0.1) is 0 Å². The monoisotopic (exact) mass is 915 g/mol. The molecule has 0 saturated carbocycles. The van der Waals surface area contributed by atoms with Crippen LogP contribution in [0.5, 0.6) is 0 Å². The maximum absolute atomic E-state index is 12.8. The van der Waals surface area contributed by atoms with Crippen LogP contribution in [0.25, 0.3) is 0 Å². The summed E-state index contributed by atoms with van der Waals surface area (Å²) >= 11 is 0. The highest BCUT2D eigenvalue weighted by Gasteiger charge is 2.19. The van der Waals surface area contributed by atoms with Crippen molar-refractivity contribution in [1.29, 1.82) is 0 Å². The molecule has 366 valence electrons. The highest BCUT2D eigenvalue weighted by molar-refractivity contribution is 5.71. The van der Waals surface area contributed by atoms with Crippen LogP contribution < -0.4 is 0 Å². The van der Waals surface area contributed by atoms with E-state index >= 15 is 0 Å². The van der Waals surface area contributed by atoms with E-state index in [1.54, 1.807) is 0 Å². The molecule has 67 heavy (non-hydrogen) atoms. The third kappa shape index (κ3) is 51.1. The first kappa shape index (κ1) is 61.2. The van der Waals surface area contributed by atoms with Crippen LogP contribution in [0.1, 0.15) is 149 Å². The molecule has 0 spiro atoms. The van der Waals surface area contributed by atoms with Gasteiger partial charge in [0.25, 0.3) is 0 Å². The van der Waals surface area contributed by atoms with Gasteiger partial charge in [0, 0.05) is 19.3 Å². The van der Waals surface area contributed by atoms with Crippen LogP contribution in [0.4, 0.5) is 0 Å². The third-order valence-electron chi connectivity index (χ3n) is 9.49. The Hall–Kier alpha value is -5.75. The first-order chi connectivity index (χ1) is 33.0. The molecule has 6 nitrogen and oxygen atoms in total. The smallest absolute Gasteiger partial charge is 0.306 e. The maximum atomic E-state index is 12.8. The summed E-state index contributed by atoms with van der Waals surface area (Å²) in [6.45, 7) is 6.07. The Balaban J connectivity index is 4.69. The molecule has 0 radical (unpaired) electrons. The molecule has 0 saturated heterocycles. The van der Waals surface area contributed by atoms with Crippen molar-refractivity contribution in [1.82, 2.24) is 0 Å². The van der Waals surface area contributed by atoms with E-state index in [0.717, 1.165) is 96.3 Å². The maximum Gasteiger partial charge on any atom is 0.306 e. The number of hydrogen-bond donors (Lipinski definition) is 0. The number of rotatable bonds is 41. The van der Waals surface area contributed by atoms with Gasteiger partial charge in [0.15, 0.2) is 6.10 Å². The Morgan fingerprint density at radius 3 is 0.851 bits per heavy atom. The first-order valence-corrected chi connectivity index (χ1v) is 25.2. The molecule has 0 aromatic rings. The fourth-order valence-corrected chi connectivity index (χ4v) is 5.81. The molecule has 0 N–H and O–H groups in total. The van der Waals surface area contributed by atoms with Crippen LogP contribution in [-0.4, -0.2) is 37.2 Å². The van der Waals surface area contributed by atoms with Crippen LogP contribution >= 0.6 is 0 Å². The van der Waals surface area contributed by atoms with Crippen LogP contribution in [0.15, 0.2) is 194 Å². The SMILES string of the molecule is CC\C=C/C=C\C=C/C=C\C=C\C=C/CCCCCC(=O)OCC(COC(=O)CCCCCCC\C=C/C=C\C=C/C=C\CC)OC(=O)CCCCC\C=C/C=C/C=C\C=C/C=C\C=C/CC. The zero-order valence-corrected chi connectivity index (χ0v) is 41.6. The molecular weight excluding hydrogens is 829 g/mol. The normalized spacial score (nSPS) is 13.8. The molecule has 0 aromatic heterocycles. The molecule has 0 bridgehead atoms. The lowest BCUT2D eigenvalue weighted by molar-refractivity contribution is -0.167. The predicted molar refractivity (Wildman–Crippen MR) is 287 cm³/mol. The van der Waals surface area contributed by atoms with Crippen molar-refractivity contribution in [3.63, 3.8) is 0 Å². The largest absolute Gasteiger partial charge is 0.462 e. The summed E-state index contributed by atoms with van der Waals surface area (Å²) in [5.41, 5.74) is 0. The van der Waals surface area contributed by atoms with Gasteiger partial charge in [-0.15, -0.1) is 0 Å². The number of ether oxygens (including phenoxy) is 3. The Morgan fingerprint density at radius 1 is 0.299 bits per heavy atom. The second kappa shape index (κ2) is 52.9. The van der Waals surface area contributed by atoms with Crippen molar-refractivity contribution in [3.8, 4) is 0 Å². The minimum atomic E-state index is -0.843. The molecule has 1 atom stereocenters. The van der Waals surface area contributed by atoms with E-state index in [4.69, 9.17) is 14.2 Å². The van der Waals surface area contributed by atoms with Gasteiger partial charge in [-0.05, 0) is 77.0 Å². The summed E-state index contributed by atoms with van der Waals surface area (Å²) < 4.78 is 16.7. The van der Waals surface area contributed by atoms with Gasteiger partial charge < -0.3 is 14.2 Å². The molecule has 1 unspecified atom stereocenters. The third-order valence-corrected chi connectivity index (χ3v) is 9.49. The van der Waals surface area contributed by atoms with Crippen molar-refractivity contribution < 1.29 is 28.6 Å². The van der Waals surface area contributed by atoms with E-state index in [2.05, 4.69) is 69.4 Å².